The Morgan fingerprint density at radius 3 is 2.50 bits per heavy atom. The molecular weight excluding hydrogens is 361 g/mol. The van der Waals surface area contributed by atoms with Gasteiger partial charge in [0, 0.05) is 19.7 Å². The molecule has 0 saturated carbocycles. The van der Waals surface area contributed by atoms with Gasteiger partial charge in [0.15, 0.2) is 17.0 Å². The lowest BCUT2D eigenvalue weighted by Crippen LogP contribution is -3.11. The number of aryl methyl sites for hydroxylation is 1. The van der Waals surface area contributed by atoms with E-state index in [0.29, 0.717) is 29.1 Å². The number of nitrogens with zero attached hydrogens (tertiary/aromatic N) is 4. The van der Waals surface area contributed by atoms with Gasteiger partial charge >= 0.3 is 5.69 Å². The van der Waals surface area contributed by atoms with Crippen molar-refractivity contribution in [2.75, 3.05) is 13.1 Å². The minimum atomic E-state index is -0.412. The Hall–Kier alpha value is -2.74. The lowest BCUT2D eigenvalue weighted by molar-refractivity contribution is -0.919. The Morgan fingerprint density at radius 2 is 1.79 bits per heavy atom. The average Bonchev–Trinajstić information content (AvgIpc) is 3.05. The van der Waals surface area contributed by atoms with Gasteiger partial charge in [-0.1, -0.05) is 18.2 Å². The number of hydrogen-bond donors (Lipinski definition) is 1. The third-order valence-corrected chi connectivity index (χ3v) is 5.68. The third kappa shape index (κ3) is 3.17. The fraction of sp³-hybridized carbons (Fsp3) is 0.450. The normalized spacial score (nSPS) is 15.4. The molecule has 0 radical (unpaired) electrons. The summed E-state index contributed by atoms with van der Waals surface area (Å²) in [7, 11) is 3.07. The molecule has 0 amide bonds. The van der Waals surface area contributed by atoms with Crippen molar-refractivity contribution in [3.8, 4) is 0 Å². The van der Waals surface area contributed by atoms with E-state index in [1.165, 1.54) is 41.8 Å². The Balaban J connectivity index is 1.90. The minimum Gasteiger partial charge on any atom is -0.329 e. The zero-order chi connectivity index (χ0) is 19.8. The van der Waals surface area contributed by atoms with Crippen molar-refractivity contribution in [3.05, 3.63) is 62.3 Å². The fourth-order valence-corrected chi connectivity index (χ4v) is 4.05. The highest BCUT2D eigenvalue weighted by Crippen LogP contribution is 2.16. The van der Waals surface area contributed by atoms with Gasteiger partial charge in [-0.15, -0.1) is 0 Å². The highest BCUT2D eigenvalue weighted by atomic mass is 19.1. The number of hydrogen-bond acceptors (Lipinski definition) is 3. The number of fused-ring (bicyclic) bond motifs is 1. The molecule has 28 heavy (non-hydrogen) atoms. The second kappa shape index (κ2) is 7.35. The van der Waals surface area contributed by atoms with Gasteiger partial charge < -0.3 is 9.47 Å². The summed E-state index contributed by atoms with van der Waals surface area (Å²) in [5, 5.41) is 0. The molecule has 2 aromatic heterocycles. The summed E-state index contributed by atoms with van der Waals surface area (Å²) >= 11 is 0. The second-order valence-electron chi connectivity index (χ2n) is 7.57. The molecule has 148 valence electrons. The zero-order valence-corrected chi connectivity index (χ0v) is 16.2. The summed E-state index contributed by atoms with van der Waals surface area (Å²) < 4.78 is 18.6. The van der Waals surface area contributed by atoms with Crippen LogP contribution in [-0.2, 0) is 27.2 Å². The summed E-state index contributed by atoms with van der Waals surface area (Å²) in [6, 6.07) is 6.55. The predicted octanol–water partition coefficient (Wildman–Crippen LogP) is 0.190. The van der Waals surface area contributed by atoms with Crippen molar-refractivity contribution in [2.45, 2.75) is 32.4 Å². The number of nitrogens with one attached hydrogen (secondary N) is 1. The smallest absolute Gasteiger partial charge is 0.329 e. The van der Waals surface area contributed by atoms with Crippen LogP contribution in [0.15, 0.2) is 33.9 Å². The third-order valence-electron chi connectivity index (χ3n) is 5.68. The molecular formula is C20H25FN5O2+. The van der Waals surface area contributed by atoms with Gasteiger partial charge in [-0.2, -0.15) is 0 Å². The first-order chi connectivity index (χ1) is 13.5. The summed E-state index contributed by atoms with van der Waals surface area (Å²) in [5.74, 6) is 0.399. The van der Waals surface area contributed by atoms with Crippen LogP contribution in [0.2, 0.25) is 0 Å². The first-order valence-corrected chi connectivity index (χ1v) is 9.69. The van der Waals surface area contributed by atoms with E-state index >= 15 is 0 Å². The second-order valence-corrected chi connectivity index (χ2v) is 7.57. The van der Waals surface area contributed by atoms with E-state index in [1.807, 2.05) is 0 Å². The number of quaternary nitrogens is 1. The maximum Gasteiger partial charge on any atom is 0.332 e. The molecule has 1 aliphatic heterocycles. The zero-order valence-electron chi connectivity index (χ0n) is 16.2. The van der Waals surface area contributed by atoms with Crippen LogP contribution in [0.1, 0.15) is 30.7 Å². The van der Waals surface area contributed by atoms with E-state index < -0.39 is 11.2 Å². The molecule has 3 heterocycles. The van der Waals surface area contributed by atoms with Crippen molar-refractivity contribution in [1.82, 2.24) is 18.7 Å². The molecule has 1 fully saturated rings. The summed E-state index contributed by atoms with van der Waals surface area (Å²) in [4.78, 5) is 31.3. The minimum absolute atomic E-state index is 0.208. The maximum atomic E-state index is 14.3. The van der Waals surface area contributed by atoms with Crippen LogP contribution in [-0.4, -0.2) is 31.8 Å². The number of aromatic nitrogens is 4. The van der Waals surface area contributed by atoms with Crippen molar-refractivity contribution in [2.24, 2.45) is 14.1 Å². The van der Waals surface area contributed by atoms with Crippen molar-refractivity contribution in [1.29, 1.82) is 0 Å². The Labute approximate surface area is 161 Å². The molecule has 0 atom stereocenters. The fourth-order valence-electron chi connectivity index (χ4n) is 4.05. The van der Waals surface area contributed by atoms with Crippen LogP contribution in [0, 0.1) is 5.82 Å². The first-order valence-electron chi connectivity index (χ1n) is 9.69. The molecule has 0 spiro atoms. The average molecular weight is 386 g/mol. The standard InChI is InChI=1S/C20H24FN5O2/c1-23-18-17(19(27)24(2)20(23)28)26(12-14-8-4-5-9-15(14)21)16(22-18)13-25-10-6-3-7-11-25/h4-5,8-9H,3,6-7,10-13H2,1-2H3/p+1. The molecule has 7 nitrogen and oxygen atoms in total. The van der Waals surface area contributed by atoms with Crippen molar-refractivity contribution < 1.29 is 9.29 Å². The lowest BCUT2D eigenvalue weighted by Gasteiger charge is -2.23. The SMILES string of the molecule is Cn1c(=O)c2c(nc(C[NH+]3CCCCC3)n2Cc2ccccc2F)n(C)c1=O. The van der Waals surface area contributed by atoms with Gasteiger partial charge in [-0.3, -0.25) is 13.9 Å². The van der Waals surface area contributed by atoms with E-state index in [-0.39, 0.29) is 12.4 Å². The molecule has 0 bridgehead atoms. The van der Waals surface area contributed by atoms with E-state index in [9.17, 15) is 14.0 Å². The van der Waals surface area contributed by atoms with Gasteiger partial charge in [0.2, 0.25) is 0 Å². The van der Waals surface area contributed by atoms with E-state index in [4.69, 9.17) is 0 Å². The number of halogens is 1. The van der Waals surface area contributed by atoms with E-state index in [1.54, 1.807) is 29.8 Å². The largest absolute Gasteiger partial charge is 0.332 e. The Kier molecular flexibility index (Phi) is 4.89. The molecule has 3 aromatic rings. The molecule has 0 unspecified atom stereocenters. The van der Waals surface area contributed by atoms with Gasteiger partial charge in [0.1, 0.15) is 12.4 Å². The number of piperidine rings is 1. The molecule has 1 N–H and O–H groups in total. The Bertz CT molecular complexity index is 1140. The Morgan fingerprint density at radius 1 is 1.07 bits per heavy atom. The van der Waals surface area contributed by atoms with Crippen molar-refractivity contribution in [3.63, 3.8) is 0 Å². The van der Waals surface area contributed by atoms with Gasteiger partial charge in [0.05, 0.1) is 19.6 Å². The van der Waals surface area contributed by atoms with Gasteiger partial charge in [-0.25, -0.2) is 14.2 Å². The molecule has 4 rings (SSSR count). The maximum absolute atomic E-state index is 14.3. The summed E-state index contributed by atoms with van der Waals surface area (Å²) in [5.41, 5.74) is 0.384. The van der Waals surface area contributed by atoms with Crippen LogP contribution in [0.25, 0.3) is 11.2 Å². The molecule has 1 aromatic carbocycles. The van der Waals surface area contributed by atoms with Crippen LogP contribution < -0.4 is 16.1 Å². The summed E-state index contributed by atoms with van der Waals surface area (Å²) in [6.45, 7) is 2.97. The monoisotopic (exact) mass is 386 g/mol. The number of rotatable bonds is 4. The molecule has 1 saturated heterocycles. The van der Waals surface area contributed by atoms with Crippen LogP contribution in [0.4, 0.5) is 4.39 Å². The van der Waals surface area contributed by atoms with E-state index in [0.717, 1.165) is 17.7 Å². The lowest BCUT2D eigenvalue weighted by atomic mass is 10.1. The van der Waals surface area contributed by atoms with Gasteiger partial charge in [0.25, 0.3) is 5.56 Å². The first kappa shape index (κ1) is 18.6. The van der Waals surface area contributed by atoms with E-state index in [2.05, 4.69) is 4.98 Å². The highest BCUT2D eigenvalue weighted by Gasteiger charge is 2.23. The molecule has 0 aliphatic carbocycles. The number of imidazole rings is 1. The highest BCUT2D eigenvalue weighted by molar-refractivity contribution is 5.71. The van der Waals surface area contributed by atoms with Crippen molar-refractivity contribution >= 4 is 11.2 Å². The number of benzene rings is 1. The topological polar surface area (TPSA) is 66.3 Å². The number of likely N-dealkylation sites (tertiary alicyclic amines) is 1. The van der Waals surface area contributed by atoms with Gasteiger partial charge in [-0.05, 0) is 25.3 Å². The van der Waals surface area contributed by atoms with Crippen LogP contribution in [0.5, 0.6) is 0 Å². The predicted molar refractivity (Wildman–Crippen MR) is 104 cm³/mol. The molecule has 8 heteroatoms. The summed E-state index contributed by atoms with van der Waals surface area (Å²) in [6.07, 6.45) is 3.58. The molecule has 1 aliphatic rings. The van der Waals surface area contributed by atoms with Crippen LogP contribution >= 0.6 is 0 Å². The van der Waals surface area contributed by atoms with Crippen LogP contribution in [0.3, 0.4) is 0 Å². The quantitative estimate of drug-likeness (QED) is 0.696.